The second-order valence-electron chi connectivity index (χ2n) is 5.83. The highest BCUT2D eigenvalue weighted by molar-refractivity contribution is 5.82. The maximum atomic E-state index is 12.5. The Hall–Kier alpha value is -3.06. The second-order valence-corrected chi connectivity index (χ2v) is 5.83. The maximum absolute atomic E-state index is 12.5. The Bertz CT molecular complexity index is 985. The smallest absolute Gasteiger partial charge is 0.258 e. The quantitative estimate of drug-likeness (QED) is 0.767. The lowest BCUT2D eigenvalue weighted by molar-refractivity contribution is -0.138. The molecule has 7 nitrogen and oxygen atoms in total. The molecule has 7 heteroatoms. The number of aromatic nitrogens is 3. The normalized spacial score (nSPS) is 17.4. The highest BCUT2D eigenvalue weighted by atomic mass is 16.5. The summed E-state index contributed by atoms with van der Waals surface area (Å²) < 4.78 is 6.99. The molecule has 1 saturated heterocycles. The van der Waals surface area contributed by atoms with E-state index in [0.29, 0.717) is 30.9 Å². The van der Waals surface area contributed by atoms with E-state index >= 15 is 0 Å². The van der Waals surface area contributed by atoms with Crippen LogP contribution in [0.4, 0.5) is 0 Å². The SMILES string of the molecule is O=C1NCCOC1c1cc(=O)n2cccc(Cc3cccnc3)c2n1. The first-order valence-corrected chi connectivity index (χ1v) is 8.02. The number of hydrogen-bond donors (Lipinski definition) is 1. The first kappa shape index (κ1) is 15.5. The Morgan fingerprint density at radius 2 is 2.20 bits per heavy atom. The van der Waals surface area contributed by atoms with Crippen molar-refractivity contribution in [2.45, 2.75) is 12.5 Å². The van der Waals surface area contributed by atoms with Crippen molar-refractivity contribution in [3.8, 4) is 0 Å². The first-order chi connectivity index (χ1) is 12.2. The van der Waals surface area contributed by atoms with Gasteiger partial charge in [-0.25, -0.2) is 4.98 Å². The second kappa shape index (κ2) is 6.45. The third-order valence-corrected chi connectivity index (χ3v) is 4.10. The summed E-state index contributed by atoms with van der Waals surface area (Å²) in [5.41, 5.74) is 2.51. The van der Waals surface area contributed by atoms with Crippen LogP contribution in [0.2, 0.25) is 0 Å². The summed E-state index contributed by atoms with van der Waals surface area (Å²) >= 11 is 0. The van der Waals surface area contributed by atoms with Crippen molar-refractivity contribution < 1.29 is 9.53 Å². The fourth-order valence-electron chi connectivity index (χ4n) is 2.93. The lowest BCUT2D eigenvalue weighted by atomic mass is 10.1. The predicted octanol–water partition coefficient (Wildman–Crippen LogP) is 0.868. The van der Waals surface area contributed by atoms with E-state index in [4.69, 9.17) is 4.74 Å². The van der Waals surface area contributed by atoms with Gasteiger partial charge in [-0.3, -0.25) is 19.0 Å². The molecule has 1 N–H and O–H groups in total. The standard InChI is InChI=1S/C18H16N4O3/c23-15-10-14(16-18(24)20-6-8-25-16)21-17-13(4-2-7-22(15)17)9-12-3-1-5-19-11-12/h1-5,7,10-11,16H,6,8-9H2,(H,20,24). The number of pyridine rings is 2. The van der Waals surface area contributed by atoms with Crippen molar-refractivity contribution in [1.82, 2.24) is 19.7 Å². The largest absolute Gasteiger partial charge is 0.360 e. The van der Waals surface area contributed by atoms with Gasteiger partial charge >= 0.3 is 0 Å². The van der Waals surface area contributed by atoms with Crippen LogP contribution in [0.1, 0.15) is 22.9 Å². The molecule has 3 aromatic heterocycles. The van der Waals surface area contributed by atoms with E-state index in [0.717, 1.165) is 11.1 Å². The molecular formula is C18H16N4O3. The number of morpholine rings is 1. The number of carbonyl (C=O) groups excluding carboxylic acids is 1. The van der Waals surface area contributed by atoms with Crippen LogP contribution in [-0.2, 0) is 16.0 Å². The zero-order chi connectivity index (χ0) is 17.2. The Morgan fingerprint density at radius 1 is 1.28 bits per heavy atom. The van der Waals surface area contributed by atoms with Gasteiger partial charge in [0.25, 0.3) is 11.5 Å². The van der Waals surface area contributed by atoms with E-state index in [1.54, 1.807) is 18.6 Å². The summed E-state index contributed by atoms with van der Waals surface area (Å²) in [6.45, 7) is 0.864. The number of fused-ring (bicyclic) bond motifs is 1. The third-order valence-electron chi connectivity index (χ3n) is 4.10. The van der Waals surface area contributed by atoms with E-state index in [9.17, 15) is 9.59 Å². The van der Waals surface area contributed by atoms with Crippen LogP contribution in [-0.4, -0.2) is 33.4 Å². The predicted molar refractivity (Wildman–Crippen MR) is 90.2 cm³/mol. The van der Waals surface area contributed by atoms with Crippen LogP contribution in [0.3, 0.4) is 0 Å². The van der Waals surface area contributed by atoms with Crippen molar-refractivity contribution in [2.24, 2.45) is 0 Å². The van der Waals surface area contributed by atoms with Gasteiger partial charge in [0.15, 0.2) is 6.10 Å². The van der Waals surface area contributed by atoms with Crippen molar-refractivity contribution in [2.75, 3.05) is 13.2 Å². The number of hydrogen-bond acceptors (Lipinski definition) is 5. The van der Waals surface area contributed by atoms with Gasteiger partial charge in [-0.2, -0.15) is 0 Å². The first-order valence-electron chi connectivity index (χ1n) is 8.02. The number of amides is 1. The average Bonchev–Trinajstić information content (AvgIpc) is 2.63. The fourth-order valence-corrected chi connectivity index (χ4v) is 2.93. The Balaban J connectivity index is 1.82. The van der Waals surface area contributed by atoms with Crippen LogP contribution in [0.25, 0.3) is 5.65 Å². The molecule has 1 fully saturated rings. The zero-order valence-electron chi connectivity index (χ0n) is 13.4. The molecule has 0 aliphatic carbocycles. The monoisotopic (exact) mass is 336 g/mol. The molecule has 126 valence electrons. The summed E-state index contributed by atoms with van der Waals surface area (Å²) in [6.07, 6.45) is 4.91. The lowest BCUT2D eigenvalue weighted by Crippen LogP contribution is -2.40. The van der Waals surface area contributed by atoms with Gasteiger partial charge in [-0.05, 0) is 23.3 Å². The molecule has 0 aromatic carbocycles. The topological polar surface area (TPSA) is 85.6 Å². The molecule has 1 atom stereocenters. The van der Waals surface area contributed by atoms with Gasteiger partial charge in [0.1, 0.15) is 5.65 Å². The highest BCUT2D eigenvalue weighted by Gasteiger charge is 2.27. The van der Waals surface area contributed by atoms with E-state index < -0.39 is 6.10 Å². The average molecular weight is 336 g/mol. The summed E-state index contributed by atoms with van der Waals surface area (Å²) in [6, 6.07) is 8.92. The fraction of sp³-hybridized carbons (Fsp3) is 0.222. The van der Waals surface area contributed by atoms with Crippen molar-refractivity contribution in [1.29, 1.82) is 0 Å². The van der Waals surface area contributed by atoms with Gasteiger partial charge in [-0.1, -0.05) is 12.1 Å². The van der Waals surface area contributed by atoms with Gasteiger partial charge in [-0.15, -0.1) is 0 Å². The number of carbonyl (C=O) groups is 1. The zero-order valence-corrected chi connectivity index (χ0v) is 13.4. The van der Waals surface area contributed by atoms with Crippen molar-refractivity contribution in [3.63, 3.8) is 0 Å². The molecule has 1 aliphatic rings. The Morgan fingerprint density at radius 3 is 3.00 bits per heavy atom. The number of rotatable bonds is 3. The van der Waals surface area contributed by atoms with Crippen LogP contribution in [0.5, 0.6) is 0 Å². The Kier molecular flexibility index (Phi) is 3.99. The summed E-state index contributed by atoms with van der Waals surface area (Å²) in [4.78, 5) is 33.2. The number of nitrogens with zero attached hydrogens (tertiary/aromatic N) is 3. The molecule has 1 amide bonds. The molecule has 4 heterocycles. The van der Waals surface area contributed by atoms with Gasteiger partial charge in [0.2, 0.25) is 0 Å². The van der Waals surface area contributed by atoms with Crippen LogP contribution in [0.15, 0.2) is 53.7 Å². The number of nitrogens with one attached hydrogen (secondary N) is 1. The molecule has 4 rings (SSSR count). The minimum absolute atomic E-state index is 0.241. The van der Waals surface area contributed by atoms with Gasteiger partial charge in [0.05, 0.1) is 12.3 Å². The van der Waals surface area contributed by atoms with E-state index in [-0.39, 0.29) is 11.5 Å². The highest BCUT2D eigenvalue weighted by Crippen LogP contribution is 2.19. The van der Waals surface area contributed by atoms with Gasteiger partial charge < -0.3 is 10.1 Å². The van der Waals surface area contributed by atoms with Crippen LogP contribution >= 0.6 is 0 Å². The maximum Gasteiger partial charge on any atom is 0.258 e. The lowest BCUT2D eigenvalue weighted by Gasteiger charge is -2.22. The van der Waals surface area contributed by atoms with Crippen molar-refractivity contribution in [3.05, 3.63) is 76.1 Å². The molecule has 1 aliphatic heterocycles. The molecule has 25 heavy (non-hydrogen) atoms. The Labute approximate surface area is 143 Å². The molecule has 0 radical (unpaired) electrons. The molecule has 1 unspecified atom stereocenters. The van der Waals surface area contributed by atoms with Crippen molar-refractivity contribution >= 4 is 11.6 Å². The van der Waals surface area contributed by atoms with Gasteiger partial charge in [0, 0.05) is 37.6 Å². The summed E-state index contributed by atoms with van der Waals surface area (Å²) in [5.74, 6) is -0.271. The van der Waals surface area contributed by atoms with E-state index in [1.165, 1.54) is 10.5 Å². The molecular weight excluding hydrogens is 320 g/mol. The minimum Gasteiger partial charge on any atom is -0.360 e. The van der Waals surface area contributed by atoms with Crippen LogP contribution < -0.4 is 10.9 Å². The molecule has 3 aromatic rings. The number of ether oxygens (including phenoxy) is 1. The molecule has 0 spiro atoms. The van der Waals surface area contributed by atoms with E-state index in [2.05, 4.69) is 15.3 Å². The van der Waals surface area contributed by atoms with E-state index in [1.807, 2.05) is 24.3 Å². The summed E-state index contributed by atoms with van der Waals surface area (Å²) in [7, 11) is 0. The minimum atomic E-state index is -0.849. The molecule has 0 saturated carbocycles. The van der Waals surface area contributed by atoms with Crippen LogP contribution in [0, 0.1) is 0 Å². The third kappa shape index (κ3) is 3.01. The summed E-state index contributed by atoms with van der Waals surface area (Å²) in [5, 5.41) is 2.73. The molecule has 0 bridgehead atoms.